The molecule has 13 heteroatoms. The van der Waals surface area contributed by atoms with E-state index in [1.165, 1.54) is 7.11 Å². The van der Waals surface area contributed by atoms with E-state index in [4.69, 9.17) is 9.29 Å². The molecule has 1 saturated heterocycles. The zero-order valence-electron chi connectivity index (χ0n) is 25.6. The summed E-state index contributed by atoms with van der Waals surface area (Å²) in [7, 11) is 1.54. The maximum atomic E-state index is 13.2. The van der Waals surface area contributed by atoms with E-state index in [1.54, 1.807) is 30.1 Å². The van der Waals surface area contributed by atoms with Crippen LogP contribution in [0.1, 0.15) is 21.5 Å². The van der Waals surface area contributed by atoms with Crippen molar-refractivity contribution in [3.63, 3.8) is 0 Å². The Bertz CT molecular complexity index is 1680. The summed E-state index contributed by atoms with van der Waals surface area (Å²) in [5.74, 6) is -0.694. The number of carbonyl (C=O) groups excluding carboxylic acids is 3. The number of anilines is 3. The largest absolute Gasteiger partial charge is 0.465 e. The number of ether oxygens (including phenoxy) is 1. The molecule has 0 aromatic heterocycles. The Hall–Kier alpha value is -4.56. The van der Waals surface area contributed by atoms with Gasteiger partial charge in [0.05, 0.1) is 42.4 Å². The Morgan fingerprint density at radius 1 is 0.978 bits per heavy atom. The molecule has 12 nitrogen and oxygen atoms in total. The number of likely N-dealkylation sites (N-methyl/N-ethyl adjacent to an activating group) is 2. The van der Waals surface area contributed by atoms with Crippen molar-refractivity contribution in [3.8, 4) is 0 Å². The molecule has 1 fully saturated rings. The van der Waals surface area contributed by atoms with Crippen LogP contribution in [0.3, 0.4) is 0 Å². The second-order valence-corrected chi connectivity index (χ2v) is 12.2. The van der Waals surface area contributed by atoms with Crippen LogP contribution in [-0.4, -0.2) is 101 Å². The second kappa shape index (κ2) is 14.5. The molecule has 3 aromatic rings. The first-order valence-electron chi connectivity index (χ1n) is 14.1. The molecule has 2 aliphatic heterocycles. The number of benzene rings is 3. The van der Waals surface area contributed by atoms with E-state index in [9.17, 15) is 22.8 Å². The van der Waals surface area contributed by atoms with Crippen molar-refractivity contribution in [2.45, 2.75) is 0 Å². The lowest BCUT2D eigenvalue weighted by molar-refractivity contribution is -0.119. The minimum atomic E-state index is -3.67. The Balaban J connectivity index is 0.000000854. The summed E-state index contributed by atoms with van der Waals surface area (Å²) < 4.78 is 30.7. The van der Waals surface area contributed by atoms with Gasteiger partial charge in [-0.1, -0.05) is 36.4 Å². The van der Waals surface area contributed by atoms with Gasteiger partial charge in [-0.25, -0.2) is 4.79 Å². The first kappa shape index (κ1) is 33.3. The lowest BCUT2D eigenvalue weighted by atomic mass is 9.99. The highest BCUT2D eigenvalue weighted by molar-refractivity contribution is 7.85. The third-order valence-corrected chi connectivity index (χ3v) is 7.35. The molecule has 5 rings (SSSR count). The van der Waals surface area contributed by atoms with E-state index in [0.29, 0.717) is 40.9 Å². The molecular formula is C32H37N5O7S. The summed E-state index contributed by atoms with van der Waals surface area (Å²) in [5.41, 5.74) is 5.10. The van der Waals surface area contributed by atoms with Crippen LogP contribution < -0.4 is 15.5 Å². The summed E-state index contributed by atoms with van der Waals surface area (Å²) >= 11 is 0. The van der Waals surface area contributed by atoms with Crippen molar-refractivity contribution in [3.05, 3.63) is 89.5 Å². The number of fused-ring (bicyclic) bond motifs is 1. The van der Waals surface area contributed by atoms with Gasteiger partial charge in [-0.2, -0.15) is 8.42 Å². The number of rotatable bonds is 7. The highest BCUT2D eigenvalue weighted by atomic mass is 32.2. The van der Waals surface area contributed by atoms with Crippen molar-refractivity contribution in [1.29, 1.82) is 0 Å². The highest BCUT2D eigenvalue weighted by Gasteiger charge is 2.29. The third kappa shape index (κ3) is 8.99. The van der Waals surface area contributed by atoms with Gasteiger partial charge >= 0.3 is 5.97 Å². The van der Waals surface area contributed by atoms with Crippen LogP contribution in [0, 0.1) is 0 Å². The fraction of sp³-hybridized carbons (Fsp3) is 0.281. The second-order valence-electron chi connectivity index (χ2n) is 10.8. The molecular weight excluding hydrogens is 598 g/mol. The normalized spacial score (nSPS) is 16.1. The summed E-state index contributed by atoms with van der Waals surface area (Å²) in [6, 6.07) is 22.2. The lowest BCUT2D eigenvalue weighted by Crippen LogP contribution is -2.48. The molecule has 238 valence electrons. The van der Waals surface area contributed by atoms with Crippen LogP contribution in [0.5, 0.6) is 0 Å². The monoisotopic (exact) mass is 635 g/mol. The number of esters is 1. The van der Waals surface area contributed by atoms with E-state index in [2.05, 4.69) is 27.5 Å². The van der Waals surface area contributed by atoms with Gasteiger partial charge in [0.1, 0.15) is 0 Å². The predicted octanol–water partition coefficient (Wildman–Crippen LogP) is 3.12. The molecule has 0 unspecified atom stereocenters. The van der Waals surface area contributed by atoms with E-state index in [0.717, 1.165) is 43.1 Å². The van der Waals surface area contributed by atoms with E-state index >= 15 is 0 Å². The maximum absolute atomic E-state index is 13.2. The molecule has 2 aliphatic rings. The van der Waals surface area contributed by atoms with Crippen LogP contribution in [0.2, 0.25) is 0 Å². The molecule has 0 atom stereocenters. The Morgan fingerprint density at radius 2 is 1.60 bits per heavy atom. The van der Waals surface area contributed by atoms with Gasteiger partial charge in [-0.15, -0.1) is 0 Å². The van der Waals surface area contributed by atoms with Crippen LogP contribution in [0.25, 0.3) is 11.3 Å². The van der Waals surface area contributed by atoms with Gasteiger partial charge < -0.3 is 25.2 Å². The molecule has 45 heavy (non-hydrogen) atoms. The van der Waals surface area contributed by atoms with Gasteiger partial charge in [-0.05, 0) is 49.0 Å². The number of nitrogens with zero attached hydrogens (tertiary/aromatic N) is 3. The number of carbonyl (C=O) groups is 3. The fourth-order valence-corrected chi connectivity index (χ4v) is 4.91. The number of piperazine rings is 1. The smallest absolute Gasteiger partial charge is 0.337 e. The van der Waals surface area contributed by atoms with Crippen molar-refractivity contribution >= 4 is 56.2 Å². The molecule has 0 saturated carbocycles. The quantitative estimate of drug-likeness (QED) is 0.201. The summed E-state index contributed by atoms with van der Waals surface area (Å²) in [6.45, 7) is 4.09. The number of nitrogens with one attached hydrogen (secondary N) is 2. The molecule has 0 aliphatic carbocycles. The van der Waals surface area contributed by atoms with E-state index in [1.807, 2.05) is 54.6 Å². The first-order valence-corrected chi connectivity index (χ1v) is 16.0. The minimum absolute atomic E-state index is 0.0444. The van der Waals surface area contributed by atoms with Crippen molar-refractivity contribution in [2.75, 3.05) is 75.7 Å². The molecule has 3 aromatic carbocycles. The zero-order valence-corrected chi connectivity index (χ0v) is 26.4. The predicted molar refractivity (Wildman–Crippen MR) is 175 cm³/mol. The zero-order chi connectivity index (χ0) is 32.7. The minimum Gasteiger partial charge on any atom is -0.465 e. The van der Waals surface area contributed by atoms with Crippen LogP contribution in [-0.2, 0) is 24.4 Å². The first-order chi connectivity index (χ1) is 21.3. The Kier molecular flexibility index (Phi) is 10.7. The van der Waals surface area contributed by atoms with E-state index in [-0.39, 0.29) is 11.8 Å². The third-order valence-electron chi connectivity index (χ3n) is 7.35. The Labute approximate surface area is 263 Å². The van der Waals surface area contributed by atoms with Gasteiger partial charge in [0, 0.05) is 50.2 Å². The average molecular weight is 636 g/mol. The molecule has 2 heterocycles. The molecule has 0 spiro atoms. The van der Waals surface area contributed by atoms with Crippen molar-refractivity contribution in [2.24, 2.45) is 0 Å². The number of amides is 2. The molecule has 2 amide bonds. The van der Waals surface area contributed by atoms with Crippen molar-refractivity contribution < 1.29 is 32.1 Å². The van der Waals surface area contributed by atoms with E-state index < -0.39 is 16.1 Å². The lowest BCUT2D eigenvalue weighted by Gasteiger charge is -2.32. The summed E-state index contributed by atoms with van der Waals surface area (Å²) in [5, 5.41) is 6.31. The number of methoxy groups -OCH3 is 1. The topological polar surface area (TPSA) is 149 Å². The van der Waals surface area contributed by atoms with Crippen LogP contribution in [0.15, 0.2) is 72.8 Å². The Morgan fingerprint density at radius 3 is 2.20 bits per heavy atom. The van der Waals surface area contributed by atoms with Gasteiger partial charge in [0.25, 0.3) is 16.0 Å². The standard InChI is InChI=1S/C31H33N5O4.CH4O3S/c1-34-15-17-36(18-16-34)20-27(37)35(2)24-12-10-23(11-13-24)32-29(21-7-5-4-6-8-21)28-25-14-9-22(31(39)40-3)19-26(25)33-30(28)38;1-5(2,3)4/h4-14,19,32H,15-18,20H2,1-3H3,(H,33,38);1H3,(H,2,3,4)/b29-28-;. The van der Waals surface area contributed by atoms with Gasteiger partial charge in [0.15, 0.2) is 0 Å². The molecule has 0 radical (unpaired) electrons. The van der Waals surface area contributed by atoms with Gasteiger partial charge in [0.2, 0.25) is 5.91 Å². The summed E-state index contributed by atoms with van der Waals surface area (Å²) in [6.07, 6.45) is 0.715. The SMILES string of the molecule is COC(=O)c1ccc2c(c1)NC(=O)/C2=C(\Nc1ccc(N(C)C(=O)CN2CCN(C)CC2)cc1)c1ccccc1.CS(=O)(=O)O. The number of hydrogen-bond acceptors (Lipinski definition) is 9. The number of hydrogen-bond donors (Lipinski definition) is 3. The fourth-order valence-electron chi connectivity index (χ4n) is 4.91. The summed E-state index contributed by atoms with van der Waals surface area (Å²) in [4.78, 5) is 44.3. The van der Waals surface area contributed by atoms with Crippen molar-refractivity contribution in [1.82, 2.24) is 9.80 Å². The van der Waals surface area contributed by atoms with Crippen LogP contribution >= 0.6 is 0 Å². The molecule has 0 bridgehead atoms. The maximum Gasteiger partial charge on any atom is 0.337 e. The molecule has 3 N–H and O–H groups in total. The highest BCUT2D eigenvalue weighted by Crippen LogP contribution is 2.38. The van der Waals surface area contributed by atoms with Gasteiger partial charge in [-0.3, -0.25) is 19.0 Å². The van der Waals surface area contributed by atoms with Crippen LogP contribution in [0.4, 0.5) is 17.1 Å². The average Bonchev–Trinajstić information content (AvgIpc) is 3.34.